The number of aryl methyl sites for hydroxylation is 1. The first-order chi connectivity index (χ1) is 10.6. The summed E-state index contributed by atoms with van der Waals surface area (Å²) < 4.78 is 1.88. The number of aromatic amines is 1. The van der Waals surface area contributed by atoms with E-state index in [0.717, 1.165) is 34.5 Å². The van der Waals surface area contributed by atoms with Gasteiger partial charge in [0.15, 0.2) is 5.16 Å². The second kappa shape index (κ2) is 6.58. The van der Waals surface area contributed by atoms with E-state index in [1.165, 1.54) is 5.56 Å². The molecule has 0 aliphatic carbocycles. The van der Waals surface area contributed by atoms with Gasteiger partial charge in [-0.05, 0) is 12.5 Å². The minimum atomic E-state index is 0.649. The van der Waals surface area contributed by atoms with Gasteiger partial charge in [-0.2, -0.15) is 0 Å². The first kappa shape index (κ1) is 15.2. The summed E-state index contributed by atoms with van der Waals surface area (Å²) in [5, 5.41) is 1.57. The number of thioether (sulfide) groups is 1. The molecule has 3 aromatic rings. The molecule has 114 valence electrons. The summed E-state index contributed by atoms with van der Waals surface area (Å²) >= 11 is 7.64. The average Bonchev–Trinajstić information content (AvgIpc) is 3.02. The average molecular weight is 333 g/mol. The minimum absolute atomic E-state index is 0.649. The second-order valence-electron chi connectivity index (χ2n) is 5.12. The third kappa shape index (κ3) is 3.36. The Hall–Kier alpha value is -1.72. The third-order valence-corrected chi connectivity index (χ3v) is 4.76. The monoisotopic (exact) mass is 332 g/mol. The molecule has 0 unspecified atom stereocenters. The van der Waals surface area contributed by atoms with E-state index in [9.17, 15) is 0 Å². The van der Waals surface area contributed by atoms with Crippen LogP contribution in [0.25, 0.3) is 0 Å². The van der Waals surface area contributed by atoms with Gasteiger partial charge in [-0.15, -0.1) is 0 Å². The molecule has 0 spiro atoms. The third-order valence-electron chi connectivity index (χ3n) is 3.54. The van der Waals surface area contributed by atoms with Gasteiger partial charge in [0.1, 0.15) is 11.0 Å². The van der Waals surface area contributed by atoms with Gasteiger partial charge in [0.05, 0.1) is 17.6 Å². The van der Waals surface area contributed by atoms with Crippen LogP contribution in [0.3, 0.4) is 0 Å². The van der Waals surface area contributed by atoms with Crippen LogP contribution in [0, 0.1) is 6.92 Å². The maximum absolute atomic E-state index is 6.00. The van der Waals surface area contributed by atoms with E-state index >= 15 is 0 Å². The molecule has 0 aliphatic rings. The molecule has 1 aromatic carbocycles. The van der Waals surface area contributed by atoms with Crippen LogP contribution in [0.2, 0.25) is 5.15 Å². The standard InChI is InChI=1S/C16H17ClN4S/c1-11-13(8-12-6-4-3-5-7-12)20-16(19-11)22-10-15-18-9-14(17)21(15)2/h3-7,9H,8,10H2,1-2H3,(H,19,20). The highest BCUT2D eigenvalue weighted by molar-refractivity contribution is 7.98. The first-order valence-corrected chi connectivity index (χ1v) is 8.38. The molecule has 6 heteroatoms. The molecular formula is C16H17ClN4S. The lowest BCUT2D eigenvalue weighted by Gasteiger charge is -2.00. The van der Waals surface area contributed by atoms with E-state index in [2.05, 4.69) is 41.2 Å². The van der Waals surface area contributed by atoms with Gasteiger partial charge in [0.25, 0.3) is 0 Å². The number of aromatic nitrogens is 4. The molecule has 0 saturated carbocycles. The molecule has 2 heterocycles. The highest BCUT2D eigenvalue weighted by Gasteiger charge is 2.10. The van der Waals surface area contributed by atoms with Crippen molar-refractivity contribution in [3.05, 3.63) is 64.5 Å². The molecule has 3 rings (SSSR count). The van der Waals surface area contributed by atoms with Crippen LogP contribution in [-0.2, 0) is 19.2 Å². The topological polar surface area (TPSA) is 46.5 Å². The van der Waals surface area contributed by atoms with Crippen LogP contribution in [-0.4, -0.2) is 19.5 Å². The van der Waals surface area contributed by atoms with E-state index in [0.29, 0.717) is 5.15 Å². The van der Waals surface area contributed by atoms with Crippen LogP contribution in [0.1, 0.15) is 22.8 Å². The Kier molecular flexibility index (Phi) is 4.55. The predicted molar refractivity (Wildman–Crippen MR) is 90.4 cm³/mol. The normalized spacial score (nSPS) is 11.0. The van der Waals surface area contributed by atoms with Crippen LogP contribution in [0.5, 0.6) is 0 Å². The molecule has 0 fully saturated rings. The van der Waals surface area contributed by atoms with Crippen LogP contribution >= 0.6 is 23.4 Å². The van der Waals surface area contributed by atoms with E-state index in [4.69, 9.17) is 16.6 Å². The smallest absolute Gasteiger partial charge is 0.166 e. The number of H-pyrrole nitrogens is 1. The molecule has 4 nitrogen and oxygen atoms in total. The molecule has 1 N–H and O–H groups in total. The fourth-order valence-electron chi connectivity index (χ4n) is 2.19. The van der Waals surface area contributed by atoms with Crippen molar-refractivity contribution >= 4 is 23.4 Å². The molecule has 0 amide bonds. The Morgan fingerprint density at radius 1 is 1.27 bits per heavy atom. The molecular weight excluding hydrogens is 316 g/mol. The zero-order valence-electron chi connectivity index (χ0n) is 12.5. The maximum Gasteiger partial charge on any atom is 0.166 e. The van der Waals surface area contributed by atoms with Gasteiger partial charge in [0, 0.05) is 19.2 Å². The van der Waals surface area contributed by atoms with E-state index < -0.39 is 0 Å². The summed E-state index contributed by atoms with van der Waals surface area (Å²) in [5.41, 5.74) is 3.47. The summed E-state index contributed by atoms with van der Waals surface area (Å²) in [6.07, 6.45) is 2.52. The summed E-state index contributed by atoms with van der Waals surface area (Å²) in [4.78, 5) is 12.3. The Balaban J connectivity index is 1.68. The lowest BCUT2D eigenvalue weighted by Crippen LogP contribution is -1.96. The molecule has 2 aromatic heterocycles. The summed E-state index contributed by atoms with van der Waals surface area (Å²) in [5.74, 6) is 1.68. The zero-order chi connectivity index (χ0) is 15.5. The van der Waals surface area contributed by atoms with Crippen molar-refractivity contribution in [1.29, 1.82) is 0 Å². The van der Waals surface area contributed by atoms with Gasteiger partial charge >= 0.3 is 0 Å². The number of rotatable bonds is 5. The van der Waals surface area contributed by atoms with Crippen molar-refractivity contribution in [1.82, 2.24) is 19.5 Å². The summed E-state index contributed by atoms with van der Waals surface area (Å²) in [7, 11) is 1.92. The zero-order valence-corrected chi connectivity index (χ0v) is 14.1. The Morgan fingerprint density at radius 2 is 2.05 bits per heavy atom. The molecule has 22 heavy (non-hydrogen) atoms. The van der Waals surface area contributed by atoms with Crippen LogP contribution in [0.4, 0.5) is 0 Å². The van der Waals surface area contributed by atoms with Crippen molar-refractivity contribution in [3.63, 3.8) is 0 Å². The highest BCUT2D eigenvalue weighted by atomic mass is 35.5. The number of nitrogens with zero attached hydrogens (tertiary/aromatic N) is 3. The maximum atomic E-state index is 6.00. The summed E-state index contributed by atoms with van der Waals surface area (Å²) in [6.45, 7) is 2.06. The summed E-state index contributed by atoms with van der Waals surface area (Å²) in [6, 6.07) is 10.4. The van der Waals surface area contributed by atoms with Gasteiger partial charge in [-0.3, -0.25) is 0 Å². The Labute approximate surface area is 138 Å². The fourth-order valence-corrected chi connectivity index (χ4v) is 3.27. The van der Waals surface area contributed by atoms with Crippen molar-refractivity contribution in [2.45, 2.75) is 24.3 Å². The molecule has 0 radical (unpaired) electrons. The Morgan fingerprint density at radius 3 is 2.73 bits per heavy atom. The first-order valence-electron chi connectivity index (χ1n) is 7.02. The number of nitrogens with one attached hydrogen (secondary N) is 1. The number of hydrogen-bond acceptors (Lipinski definition) is 3. The number of hydrogen-bond donors (Lipinski definition) is 1. The van der Waals surface area contributed by atoms with Gasteiger partial charge in [-0.25, -0.2) is 9.97 Å². The van der Waals surface area contributed by atoms with Crippen molar-refractivity contribution in [3.8, 4) is 0 Å². The SMILES string of the molecule is Cc1[nH]c(SCc2ncc(Cl)n2C)nc1Cc1ccccc1. The quantitative estimate of drug-likeness (QED) is 0.719. The number of imidazole rings is 2. The van der Waals surface area contributed by atoms with Gasteiger partial charge < -0.3 is 9.55 Å². The molecule has 0 aliphatic heterocycles. The van der Waals surface area contributed by atoms with Crippen molar-refractivity contribution < 1.29 is 0 Å². The van der Waals surface area contributed by atoms with Crippen molar-refractivity contribution in [2.75, 3.05) is 0 Å². The van der Waals surface area contributed by atoms with Crippen LogP contribution in [0.15, 0.2) is 41.7 Å². The minimum Gasteiger partial charge on any atom is -0.337 e. The largest absolute Gasteiger partial charge is 0.337 e. The highest BCUT2D eigenvalue weighted by Crippen LogP contribution is 2.23. The van der Waals surface area contributed by atoms with E-state index in [1.807, 2.05) is 17.7 Å². The van der Waals surface area contributed by atoms with Gasteiger partial charge in [0.2, 0.25) is 0 Å². The predicted octanol–water partition coefficient (Wildman–Crippen LogP) is 3.99. The second-order valence-corrected chi connectivity index (χ2v) is 6.47. The Bertz CT molecular complexity index is 764. The lowest BCUT2D eigenvalue weighted by molar-refractivity contribution is 0.848. The molecule has 0 saturated heterocycles. The number of halogens is 1. The van der Waals surface area contributed by atoms with Crippen LogP contribution < -0.4 is 0 Å². The van der Waals surface area contributed by atoms with E-state index in [1.54, 1.807) is 18.0 Å². The van der Waals surface area contributed by atoms with Crippen molar-refractivity contribution in [2.24, 2.45) is 7.05 Å². The fraction of sp³-hybridized carbons (Fsp3) is 0.250. The molecule has 0 atom stereocenters. The van der Waals surface area contributed by atoms with Gasteiger partial charge in [-0.1, -0.05) is 53.7 Å². The lowest BCUT2D eigenvalue weighted by atomic mass is 10.1. The molecule has 0 bridgehead atoms. The van der Waals surface area contributed by atoms with E-state index in [-0.39, 0.29) is 0 Å². The number of benzene rings is 1.